The number of rotatable bonds is 10. The quantitative estimate of drug-likeness (QED) is 0.280. The van der Waals surface area contributed by atoms with E-state index in [1.807, 2.05) is 48.5 Å². The summed E-state index contributed by atoms with van der Waals surface area (Å²) in [5.41, 5.74) is 6.17. The van der Waals surface area contributed by atoms with Crippen LogP contribution >= 0.6 is 0 Å². The van der Waals surface area contributed by atoms with Crippen LogP contribution in [0.15, 0.2) is 79.0 Å². The highest BCUT2D eigenvalue weighted by atomic mass is 16.1. The van der Waals surface area contributed by atoms with Crippen molar-refractivity contribution in [3.63, 3.8) is 0 Å². The molecule has 1 aromatic heterocycles. The molecule has 1 fully saturated rings. The number of nitrogens with zero attached hydrogens (tertiary/aromatic N) is 1. The monoisotopic (exact) mass is 451 g/mol. The van der Waals surface area contributed by atoms with E-state index >= 15 is 0 Å². The van der Waals surface area contributed by atoms with Gasteiger partial charge in [0.15, 0.2) is 0 Å². The molecule has 174 valence electrons. The lowest BCUT2D eigenvalue weighted by atomic mass is 10.0. The standard InChI is InChI=1S/C30H33N3O/c1-2-17-33(21-22-8-9-22)18-16-26-20-31-29-15-14-27(19-28(26)29)32-30(34)25-12-10-24(11-13-25)23-6-4-3-5-7-23/h3-7,10-15,19-20,22,31H,2,8-9,16-18,21H2,1H3,(H,32,34). The summed E-state index contributed by atoms with van der Waals surface area (Å²) < 4.78 is 0. The summed E-state index contributed by atoms with van der Waals surface area (Å²) in [6, 6.07) is 24.1. The Labute approximate surface area is 202 Å². The Morgan fingerprint density at radius 2 is 1.74 bits per heavy atom. The minimum atomic E-state index is -0.0883. The molecule has 1 amide bonds. The summed E-state index contributed by atoms with van der Waals surface area (Å²) in [5, 5.41) is 4.28. The van der Waals surface area contributed by atoms with Crippen molar-refractivity contribution in [3.05, 3.63) is 90.1 Å². The Hall–Kier alpha value is -3.37. The van der Waals surface area contributed by atoms with Crippen LogP contribution in [0.4, 0.5) is 5.69 Å². The second kappa shape index (κ2) is 10.3. The average molecular weight is 452 g/mol. The first-order valence-electron chi connectivity index (χ1n) is 12.5. The number of fused-ring (bicyclic) bond motifs is 1. The third kappa shape index (κ3) is 5.40. The van der Waals surface area contributed by atoms with Crippen molar-refractivity contribution in [2.75, 3.05) is 25.0 Å². The fourth-order valence-corrected chi connectivity index (χ4v) is 4.67. The lowest BCUT2D eigenvalue weighted by Crippen LogP contribution is -2.29. The molecule has 0 unspecified atom stereocenters. The largest absolute Gasteiger partial charge is 0.361 e. The van der Waals surface area contributed by atoms with Crippen LogP contribution in [-0.2, 0) is 6.42 Å². The van der Waals surface area contributed by atoms with E-state index in [1.54, 1.807) is 0 Å². The van der Waals surface area contributed by atoms with Gasteiger partial charge < -0.3 is 15.2 Å². The predicted molar refractivity (Wildman–Crippen MR) is 141 cm³/mol. The number of aromatic amines is 1. The average Bonchev–Trinajstić information content (AvgIpc) is 3.60. The van der Waals surface area contributed by atoms with Gasteiger partial charge in [0, 0.05) is 41.4 Å². The molecule has 0 atom stereocenters. The maximum Gasteiger partial charge on any atom is 0.255 e. The van der Waals surface area contributed by atoms with Gasteiger partial charge in [-0.3, -0.25) is 4.79 Å². The van der Waals surface area contributed by atoms with Crippen molar-refractivity contribution in [1.29, 1.82) is 0 Å². The molecular formula is C30H33N3O. The highest BCUT2D eigenvalue weighted by molar-refractivity contribution is 6.05. The zero-order valence-electron chi connectivity index (χ0n) is 19.9. The first-order valence-corrected chi connectivity index (χ1v) is 12.5. The highest BCUT2D eigenvalue weighted by Crippen LogP contribution is 2.30. The Morgan fingerprint density at radius 3 is 2.47 bits per heavy atom. The molecule has 1 aliphatic rings. The Bertz CT molecular complexity index is 1240. The molecule has 4 nitrogen and oxygen atoms in total. The number of aromatic nitrogens is 1. The van der Waals surface area contributed by atoms with Crippen LogP contribution < -0.4 is 5.32 Å². The lowest BCUT2D eigenvalue weighted by Gasteiger charge is -2.21. The third-order valence-electron chi connectivity index (χ3n) is 6.73. The number of carbonyl (C=O) groups excluding carboxylic acids is 1. The lowest BCUT2D eigenvalue weighted by molar-refractivity contribution is 0.102. The molecule has 5 rings (SSSR count). The van der Waals surface area contributed by atoms with E-state index in [1.165, 1.54) is 43.3 Å². The molecule has 1 saturated carbocycles. The first-order chi connectivity index (χ1) is 16.7. The van der Waals surface area contributed by atoms with E-state index in [9.17, 15) is 4.79 Å². The maximum absolute atomic E-state index is 12.9. The van der Waals surface area contributed by atoms with Gasteiger partial charge >= 0.3 is 0 Å². The highest BCUT2D eigenvalue weighted by Gasteiger charge is 2.23. The molecule has 1 aliphatic carbocycles. The van der Waals surface area contributed by atoms with Crippen LogP contribution in [0.25, 0.3) is 22.0 Å². The summed E-state index contributed by atoms with van der Waals surface area (Å²) in [7, 11) is 0. The van der Waals surface area contributed by atoms with Crippen LogP contribution in [0.5, 0.6) is 0 Å². The van der Waals surface area contributed by atoms with E-state index < -0.39 is 0 Å². The fraction of sp³-hybridized carbons (Fsp3) is 0.300. The van der Waals surface area contributed by atoms with Crippen LogP contribution in [0, 0.1) is 5.92 Å². The Kier molecular flexibility index (Phi) is 6.77. The van der Waals surface area contributed by atoms with Crippen LogP contribution in [-0.4, -0.2) is 35.4 Å². The SMILES string of the molecule is CCCN(CCc1c[nH]c2ccc(NC(=O)c3ccc(-c4ccccc4)cc3)cc12)CC1CC1. The summed E-state index contributed by atoms with van der Waals surface area (Å²) in [5.74, 6) is 0.827. The Morgan fingerprint density at radius 1 is 0.971 bits per heavy atom. The van der Waals surface area contributed by atoms with Crippen molar-refractivity contribution < 1.29 is 4.79 Å². The number of hydrogen-bond acceptors (Lipinski definition) is 2. The summed E-state index contributed by atoms with van der Waals surface area (Å²) in [6.45, 7) is 5.75. The van der Waals surface area contributed by atoms with E-state index in [4.69, 9.17) is 0 Å². The number of amides is 1. The first kappa shape index (κ1) is 22.4. The van der Waals surface area contributed by atoms with Gasteiger partial charge in [-0.1, -0.05) is 49.4 Å². The van der Waals surface area contributed by atoms with Gasteiger partial charge in [0.05, 0.1) is 0 Å². The molecular weight excluding hydrogens is 418 g/mol. The minimum Gasteiger partial charge on any atom is -0.361 e. The van der Waals surface area contributed by atoms with E-state index in [0.717, 1.165) is 41.2 Å². The second-order valence-corrected chi connectivity index (χ2v) is 9.47. The smallest absolute Gasteiger partial charge is 0.255 e. The van der Waals surface area contributed by atoms with Gasteiger partial charge in [0.2, 0.25) is 0 Å². The van der Waals surface area contributed by atoms with Crippen LogP contribution in [0.2, 0.25) is 0 Å². The van der Waals surface area contributed by atoms with Gasteiger partial charge in [0.25, 0.3) is 5.91 Å². The topological polar surface area (TPSA) is 48.1 Å². The molecule has 4 aromatic rings. The van der Waals surface area contributed by atoms with E-state index in [2.05, 4.69) is 52.6 Å². The molecule has 2 N–H and O–H groups in total. The van der Waals surface area contributed by atoms with E-state index in [-0.39, 0.29) is 5.91 Å². The van der Waals surface area contributed by atoms with Crippen LogP contribution in [0.3, 0.4) is 0 Å². The predicted octanol–water partition coefficient (Wildman–Crippen LogP) is 6.75. The molecule has 0 aliphatic heterocycles. The van der Waals surface area contributed by atoms with Gasteiger partial charge in [-0.15, -0.1) is 0 Å². The van der Waals surface area contributed by atoms with Gasteiger partial charge in [0.1, 0.15) is 0 Å². The number of H-pyrrole nitrogens is 1. The number of hydrogen-bond donors (Lipinski definition) is 2. The normalized spacial score (nSPS) is 13.5. The molecule has 1 heterocycles. The van der Waals surface area contributed by atoms with Gasteiger partial charge in [-0.25, -0.2) is 0 Å². The van der Waals surface area contributed by atoms with Crippen molar-refractivity contribution in [3.8, 4) is 11.1 Å². The third-order valence-corrected chi connectivity index (χ3v) is 6.73. The molecule has 3 aromatic carbocycles. The second-order valence-electron chi connectivity index (χ2n) is 9.47. The number of carbonyl (C=O) groups is 1. The summed E-state index contributed by atoms with van der Waals surface area (Å²) in [6.07, 6.45) is 7.13. The van der Waals surface area contributed by atoms with Crippen LogP contribution in [0.1, 0.15) is 42.1 Å². The maximum atomic E-state index is 12.9. The molecule has 34 heavy (non-hydrogen) atoms. The molecule has 4 heteroatoms. The molecule has 0 radical (unpaired) electrons. The van der Waals surface area contributed by atoms with Crippen molar-refractivity contribution >= 4 is 22.5 Å². The zero-order valence-corrected chi connectivity index (χ0v) is 19.9. The number of benzene rings is 3. The van der Waals surface area contributed by atoms with Crippen molar-refractivity contribution in [1.82, 2.24) is 9.88 Å². The molecule has 0 bridgehead atoms. The molecule has 0 spiro atoms. The fourth-order valence-electron chi connectivity index (χ4n) is 4.67. The van der Waals surface area contributed by atoms with Crippen molar-refractivity contribution in [2.45, 2.75) is 32.6 Å². The summed E-state index contributed by atoms with van der Waals surface area (Å²) >= 11 is 0. The minimum absolute atomic E-state index is 0.0883. The number of anilines is 1. The molecule has 0 saturated heterocycles. The van der Waals surface area contributed by atoms with Gasteiger partial charge in [-0.05, 0) is 85.2 Å². The zero-order chi connectivity index (χ0) is 23.3. The van der Waals surface area contributed by atoms with Crippen molar-refractivity contribution in [2.24, 2.45) is 5.92 Å². The summed E-state index contributed by atoms with van der Waals surface area (Å²) in [4.78, 5) is 18.9. The number of nitrogens with one attached hydrogen (secondary N) is 2. The van der Waals surface area contributed by atoms with Gasteiger partial charge in [-0.2, -0.15) is 0 Å². The Balaban J connectivity index is 1.26. The van der Waals surface area contributed by atoms with E-state index in [0.29, 0.717) is 5.56 Å².